The summed E-state index contributed by atoms with van der Waals surface area (Å²) in [5.74, 6) is 5.28. The molecule has 12 N–H and O–H groups in total. The average Bonchev–Trinajstić information content (AvgIpc) is 3.87. The Hall–Kier alpha value is -8.99. The Morgan fingerprint density at radius 2 is 1.47 bits per heavy atom. The quantitative estimate of drug-likeness (QED) is 0.0233. The first-order valence-corrected chi connectivity index (χ1v) is 25.5. The fourth-order valence-electron chi connectivity index (χ4n) is 9.58. The van der Waals surface area contributed by atoms with E-state index < -0.39 is 107 Å². The molecule has 2 heterocycles. The molecule has 7 atom stereocenters. The van der Waals surface area contributed by atoms with Crippen LogP contribution in [0.4, 0.5) is 26.7 Å². The van der Waals surface area contributed by atoms with Crippen molar-refractivity contribution in [3.05, 3.63) is 106 Å². The Bertz CT molecular complexity index is 3060. The normalized spacial score (nSPS) is 19.1. The van der Waals surface area contributed by atoms with Gasteiger partial charge < -0.3 is 63.0 Å². The topological polar surface area (TPSA) is 337 Å². The SMILES string of the molecule is CC(C)[C@H](NC(=O)CCCN1C(=O)C=CC1=O)C(=O)N[C@@H](CCCNC(N)=O)C(=O)Nc1ccc(COC(=O)NCCCNc2ccc3c(c2)C(=O)c2c(O)cc4c(c2C3=O)NC2C#C/C=C\C#C[C@@H](O)C4C2[C@@H](C)O)cc1. The van der Waals surface area contributed by atoms with Crippen LogP contribution in [-0.4, -0.2) is 130 Å². The van der Waals surface area contributed by atoms with Crippen LogP contribution < -0.4 is 43.0 Å². The predicted octanol–water partition coefficient (Wildman–Crippen LogP) is 2.43. The Labute approximate surface area is 449 Å². The first kappa shape index (κ1) is 56.7. The summed E-state index contributed by atoms with van der Waals surface area (Å²) in [5, 5.41) is 53.1. The summed E-state index contributed by atoms with van der Waals surface area (Å²) in [6.07, 6.45) is 3.23. The number of alkyl carbamates (subject to hydrolysis) is 1. The standard InChI is InChI=1S/C56H61N9O13/c1-30(2)49(64-42(69)14-9-26-65-43(70)21-22-44(65)71)54(75)63-39(12-8-23-59-55(57)76)53(74)61-33-17-15-32(16-18-33)29-78-56(77)60-25-10-24-58-34-19-20-35-36(27-34)52(73)47-41(68)28-37-46-40(67)13-7-5-4-6-11-38(45(46)31(3)66)62-50(37)48(47)51(35)72/h4-5,15-22,27-28,30-31,38-40,45-46,49,58,62,66-68H,8-10,12,14,23-26,29H2,1-3H3,(H,60,77)(H,61,74)(H,63,75)(H,64,69)(H3,57,59,76)/b5-4-/t31-,38?,39+,40-,45?,46?,49+/m1/s1. The van der Waals surface area contributed by atoms with Crippen LogP contribution in [0.15, 0.2) is 72.8 Å². The number of phenolic OH excluding ortho intramolecular Hbond substituents is 1. The highest BCUT2D eigenvalue weighted by molar-refractivity contribution is 6.31. The molecule has 22 heteroatoms. The van der Waals surface area contributed by atoms with E-state index >= 15 is 0 Å². The third kappa shape index (κ3) is 13.7. The molecule has 0 saturated heterocycles. The molecule has 0 aromatic heterocycles. The van der Waals surface area contributed by atoms with E-state index in [1.807, 2.05) is 0 Å². The van der Waals surface area contributed by atoms with Crippen LogP contribution >= 0.6 is 0 Å². The van der Waals surface area contributed by atoms with E-state index in [2.05, 4.69) is 60.9 Å². The number of aliphatic hydroxyl groups is 2. The number of aromatic hydroxyl groups is 1. The van der Waals surface area contributed by atoms with Gasteiger partial charge in [-0.2, -0.15) is 0 Å². The van der Waals surface area contributed by atoms with Gasteiger partial charge in [-0.1, -0.05) is 49.7 Å². The number of phenols is 1. The molecule has 7 rings (SSSR count). The lowest BCUT2D eigenvalue weighted by Crippen LogP contribution is -2.54. The fourth-order valence-corrected chi connectivity index (χ4v) is 9.58. The lowest BCUT2D eigenvalue weighted by molar-refractivity contribution is -0.137. The van der Waals surface area contributed by atoms with Gasteiger partial charge in [0.05, 0.1) is 29.0 Å². The largest absolute Gasteiger partial charge is 0.507 e. The second kappa shape index (κ2) is 25.7. The first-order valence-electron chi connectivity index (χ1n) is 25.5. The number of primary amides is 1. The number of hydrogen-bond donors (Lipinski definition) is 11. The molecule has 3 unspecified atom stereocenters. The van der Waals surface area contributed by atoms with E-state index in [9.17, 15) is 58.5 Å². The molecule has 0 radical (unpaired) electrons. The van der Waals surface area contributed by atoms with Crippen LogP contribution in [0.5, 0.6) is 5.75 Å². The molecule has 0 spiro atoms. The first-order chi connectivity index (χ1) is 37.3. The number of anilines is 3. The maximum Gasteiger partial charge on any atom is 0.407 e. The van der Waals surface area contributed by atoms with Crippen molar-refractivity contribution in [3.8, 4) is 29.4 Å². The molecule has 408 valence electrons. The number of allylic oxidation sites excluding steroid dienone is 2. The van der Waals surface area contributed by atoms with Crippen LogP contribution in [0.25, 0.3) is 0 Å². The fraction of sp³-hybridized carbons (Fsp3) is 0.375. The number of rotatable bonds is 22. The van der Waals surface area contributed by atoms with E-state index in [0.717, 1.165) is 17.1 Å². The van der Waals surface area contributed by atoms with E-state index in [1.165, 1.54) is 30.4 Å². The number of carbonyl (C=O) groups excluding carboxylic acids is 9. The van der Waals surface area contributed by atoms with Crippen molar-refractivity contribution in [2.45, 2.75) is 95.7 Å². The average molecular weight is 1070 g/mol. The lowest BCUT2D eigenvalue weighted by atomic mass is 9.69. The zero-order valence-electron chi connectivity index (χ0n) is 43.1. The van der Waals surface area contributed by atoms with Gasteiger partial charge in [-0.05, 0) is 98.2 Å². The Balaban J connectivity index is 0.875. The van der Waals surface area contributed by atoms with Crippen LogP contribution in [0.3, 0.4) is 0 Å². The Kier molecular flexibility index (Phi) is 18.7. The van der Waals surface area contributed by atoms with Gasteiger partial charge in [0, 0.05) is 79.1 Å². The maximum atomic E-state index is 14.2. The zero-order chi connectivity index (χ0) is 56.2. The number of nitrogens with one attached hydrogen (secondary N) is 7. The van der Waals surface area contributed by atoms with Crippen LogP contribution in [0, 0.1) is 35.5 Å². The van der Waals surface area contributed by atoms with Crippen LogP contribution in [0.2, 0.25) is 0 Å². The summed E-state index contributed by atoms with van der Waals surface area (Å²) in [5.41, 5.74) is 7.13. The number of ether oxygens (including phenoxy) is 1. The molecular weight excluding hydrogens is 1010 g/mol. The summed E-state index contributed by atoms with van der Waals surface area (Å²) < 4.78 is 5.37. The van der Waals surface area contributed by atoms with Gasteiger partial charge >= 0.3 is 12.1 Å². The molecule has 2 bridgehead atoms. The minimum Gasteiger partial charge on any atom is -0.507 e. The van der Waals surface area contributed by atoms with Crippen molar-refractivity contribution >= 4 is 70.3 Å². The van der Waals surface area contributed by atoms with Crippen molar-refractivity contribution in [2.24, 2.45) is 17.6 Å². The van der Waals surface area contributed by atoms with Crippen molar-refractivity contribution in [1.29, 1.82) is 0 Å². The Morgan fingerprint density at radius 1 is 0.795 bits per heavy atom. The molecule has 78 heavy (non-hydrogen) atoms. The monoisotopic (exact) mass is 1070 g/mol. The van der Waals surface area contributed by atoms with Gasteiger partial charge in [-0.3, -0.25) is 38.5 Å². The van der Waals surface area contributed by atoms with Gasteiger partial charge in [0.1, 0.15) is 30.5 Å². The van der Waals surface area contributed by atoms with Crippen LogP contribution in [0.1, 0.15) is 102 Å². The highest BCUT2D eigenvalue weighted by Gasteiger charge is 2.46. The molecule has 2 aliphatic carbocycles. The third-order valence-corrected chi connectivity index (χ3v) is 13.5. The van der Waals surface area contributed by atoms with Gasteiger partial charge in [-0.25, -0.2) is 9.59 Å². The lowest BCUT2D eigenvalue weighted by Gasteiger charge is -2.42. The van der Waals surface area contributed by atoms with E-state index in [1.54, 1.807) is 51.1 Å². The number of fused-ring (bicyclic) bond motifs is 7. The number of carbonyl (C=O) groups is 9. The number of benzene rings is 3. The molecule has 2 aliphatic heterocycles. The second-order valence-electron chi connectivity index (χ2n) is 19.4. The maximum absolute atomic E-state index is 14.2. The van der Waals surface area contributed by atoms with E-state index in [0.29, 0.717) is 35.5 Å². The molecular formula is C56H61N9O13. The highest BCUT2D eigenvalue weighted by Crippen LogP contribution is 2.49. The smallest absolute Gasteiger partial charge is 0.407 e. The molecule has 22 nitrogen and oxygen atoms in total. The predicted molar refractivity (Wildman–Crippen MR) is 284 cm³/mol. The molecule has 3 aromatic rings. The van der Waals surface area contributed by atoms with Gasteiger partial charge in [0.2, 0.25) is 17.7 Å². The number of nitrogens with zero attached hydrogens (tertiary/aromatic N) is 1. The summed E-state index contributed by atoms with van der Waals surface area (Å²) in [6, 6.07) is 8.81. The third-order valence-electron chi connectivity index (χ3n) is 13.5. The van der Waals surface area contributed by atoms with Gasteiger partial charge in [0.25, 0.3) is 11.8 Å². The summed E-state index contributed by atoms with van der Waals surface area (Å²) in [4.78, 5) is 117. The highest BCUT2D eigenvalue weighted by atomic mass is 16.5. The number of imide groups is 1. The minimum atomic E-state index is -1.30. The van der Waals surface area contributed by atoms with Crippen molar-refractivity contribution < 1.29 is 63.2 Å². The number of amides is 8. The summed E-state index contributed by atoms with van der Waals surface area (Å²) in [6.45, 7) is 5.60. The van der Waals surface area contributed by atoms with E-state index in [4.69, 9.17) is 10.5 Å². The van der Waals surface area contributed by atoms with Crippen LogP contribution in [-0.2, 0) is 35.3 Å². The van der Waals surface area contributed by atoms with Crippen molar-refractivity contribution in [3.63, 3.8) is 0 Å². The molecule has 0 saturated carbocycles. The van der Waals surface area contributed by atoms with Gasteiger partial charge in [0.15, 0.2) is 11.6 Å². The molecule has 0 fully saturated rings. The van der Waals surface area contributed by atoms with E-state index in [-0.39, 0.29) is 79.9 Å². The number of urea groups is 1. The van der Waals surface area contributed by atoms with Gasteiger partial charge in [-0.15, -0.1) is 0 Å². The number of aliphatic hydroxyl groups excluding tert-OH is 2. The Morgan fingerprint density at radius 3 is 2.17 bits per heavy atom. The number of nitrogens with two attached hydrogens (primary N) is 1. The van der Waals surface area contributed by atoms with Crippen molar-refractivity contribution in [1.82, 2.24) is 26.2 Å². The number of ketones is 2. The summed E-state index contributed by atoms with van der Waals surface area (Å²) in [7, 11) is 0. The zero-order valence-corrected chi connectivity index (χ0v) is 43.1. The molecule has 3 aromatic carbocycles. The number of hydrogen-bond acceptors (Lipinski definition) is 15. The minimum absolute atomic E-state index is 0.0330. The second-order valence-corrected chi connectivity index (χ2v) is 19.4. The summed E-state index contributed by atoms with van der Waals surface area (Å²) >= 11 is 0. The molecule has 8 amide bonds. The molecule has 4 aliphatic rings. The van der Waals surface area contributed by atoms with Crippen molar-refractivity contribution in [2.75, 3.05) is 42.1 Å².